The quantitative estimate of drug-likeness (QED) is 0.169. The molecule has 0 saturated heterocycles. The fraction of sp³-hybridized carbons (Fsp3) is 0.0526. The fourth-order valence-corrected chi connectivity index (χ4v) is 7.00. The number of hydrogen-bond acceptors (Lipinski definition) is 6. The topological polar surface area (TPSA) is 73.4 Å². The number of aryl methyl sites for hydroxylation is 2. The standard InChI is InChI=1S/C38H26N4S2/c1-25-13-17-27(18-14-25)31-21-35(29-9-5-3-6-10-29)41-37(33(31)23-39)43-44-38-34(24-40)32(28-19-15-26(2)16-20-28)22-36(42-38)30-11-7-4-8-12-30/h3-22H,1-2H3. The molecule has 4 nitrogen and oxygen atoms in total. The molecular weight excluding hydrogens is 577 g/mol. The van der Waals surface area contributed by atoms with Crippen LogP contribution in [0.15, 0.2) is 131 Å². The zero-order valence-electron chi connectivity index (χ0n) is 24.2. The molecule has 0 saturated carbocycles. The number of hydrogen-bond donors (Lipinski definition) is 0. The van der Waals surface area contributed by atoms with Crippen LogP contribution < -0.4 is 0 Å². The van der Waals surface area contributed by atoms with Gasteiger partial charge in [0.1, 0.15) is 22.2 Å². The van der Waals surface area contributed by atoms with Crippen LogP contribution in [0.4, 0.5) is 0 Å². The third-order valence-electron chi connectivity index (χ3n) is 7.26. The average Bonchev–Trinajstić information content (AvgIpc) is 3.08. The normalized spacial score (nSPS) is 10.6. The molecule has 2 aromatic heterocycles. The lowest BCUT2D eigenvalue weighted by Gasteiger charge is -2.14. The molecule has 2 heterocycles. The molecule has 0 atom stereocenters. The summed E-state index contributed by atoms with van der Waals surface area (Å²) in [5.74, 6) is 0. The molecule has 0 N–H and O–H groups in total. The van der Waals surface area contributed by atoms with E-state index in [-0.39, 0.29) is 0 Å². The SMILES string of the molecule is Cc1ccc(-c2cc(-c3ccccc3)nc(SSc3nc(-c4ccccc4)cc(-c4ccc(C)cc4)c3C#N)c2C#N)cc1. The van der Waals surface area contributed by atoms with Crippen LogP contribution in [0.1, 0.15) is 22.3 Å². The zero-order chi connectivity index (χ0) is 30.5. The maximum atomic E-state index is 10.4. The van der Waals surface area contributed by atoms with Crippen molar-refractivity contribution in [3.05, 3.63) is 144 Å². The van der Waals surface area contributed by atoms with Gasteiger partial charge < -0.3 is 0 Å². The second-order valence-corrected chi connectivity index (χ2v) is 12.4. The number of benzene rings is 4. The molecule has 0 radical (unpaired) electrons. The highest BCUT2D eigenvalue weighted by Gasteiger charge is 2.20. The van der Waals surface area contributed by atoms with E-state index in [0.717, 1.165) is 55.9 Å². The molecule has 0 aliphatic heterocycles. The molecule has 0 bridgehead atoms. The van der Waals surface area contributed by atoms with Crippen LogP contribution in [0.5, 0.6) is 0 Å². The summed E-state index contributed by atoms with van der Waals surface area (Å²) < 4.78 is 0. The molecule has 0 spiro atoms. The second kappa shape index (κ2) is 13.0. The minimum Gasteiger partial charge on any atom is -0.239 e. The third-order valence-corrected chi connectivity index (χ3v) is 9.45. The Hall–Kier alpha value is -5.14. The van der Waals surface area contributed by atoms with Gasteiger partial charge >= 0.3 is 0 Å². The highest BCUT2D eigenvalue weighted by atomic mass is 33.1. The van der Waals surface area contributed by atoms with Crippen molar-refractivity contribution in [1.82, 2.24) is 9.97 Å². The van der Waals surface area contributed by atoms with Crippen LogP contribution in [0.3, 0.4) is 0 Å². The van der Waals surface area contributed by atoms with Crippen LogP contribution in [-0.2, 0) is 0 Å². The molecule has 6 heteroatoms. The molecule has 210 valence electrons. The van der Waals surface area contributed by atoms with Gasteiger partial charge in [0.15, 0.2) is 0 Å². The molecular formula is C38H26N4S2. The summed E-state index contributed by atoms with van der Waals surface area (Å²) in [6, 6.07) is 45.1. The van der Waals surface area contributed by atoms with Crippen molar-refractivity contribution in [2.45, 2.75) is 23.9 Å². The van der Waals surface area contributed by atoms with Gasteiger partial charge in [-0.15, -0.1) is 0 Å². The highest BCUT2D eigenvalue weighted by molar-refractivity contribution is 8.76. The minimum absolute atomic E-state index is 0.488. The molecule has 0 amide bonds. The van der Waals surface area contributed by atoms with Gasteiger partial charge in [-0.25, -0.2) is 9.97 Å². The van der Waals surface area contributed by atoms with Crippen molar-refractivity contribution in [3.8, 4) is 56.9 Å². The lowest BCUT2D eigenvalue weighted by Crippen LogP contribution is -1.97. The first-order valence-electron chi connectivity index (χ1n) is 14.0. The number of nitrogens with zero attached hydrogens (tertiary/aromatic N) is 4. The van der Waals surface area contributed by atoms with Crippen LogP contribution >= 0.6 is 21.6 Å². The van der Waals surface area contributed by atoms with Crippen molar-refractivity contribution in [2.24, 2.45) is 0 Å². The van der Waals surface area contributed by atoms with Crippen LogP contribution in [0.2, 0.25) is 0 Å². The largest absolute Gasteiger partial charge is 0.239 e. The highest BCUT2D eigenvalue weighted by Crippen LogP contribution is 2.44. The number of rotatable bonds is 7. The average molecular weight is 603 g/mol. The summed E-state index contributed by atoms with van der Waals surface area (Å²) >= 11 is 0. The predicted molar refractivity (Wildman–Crippen MR) is 181 cm³/mol. The Morgan fingerprint density at radius 1 is 0.477 bits per heavy atom. The summed E-state index contributed by atoms with van der Waals surface area (Å²) in [7, 11) is 2.71. The molecule has 6 rings (SSSR count). The molecule has 44 heavy (non-hydrogen) atoms. The van der Waals surface area contributed by atoms with Crippen LogP contribution in [-0.4, -0.2) is 9.97 Å². The van der Waals surface area contributed by atoms with E-state index in [0.29, 0.717) is 21.2 Å². The van der Waals surface area contributed by atoms with E-state index >= 15 is 0 Å². The molecule has 0 aliphatic carbocycles. The first-order valence-corrected chi connectivity index (χ1v) is 16.2. The first-order chi connectivity index (χ1) is 21.5. The lowest BCUT2D eigenvalue weighted by atomic mass is 9.98. The zero-order valence-corrected chi connectivity index (χ0v) is 25.8. The van der Waals surface area contributed by atoms with E-state index in [1.807, 2.05) is 135 Å². The third kappa shape index (κ3) is 6.14. The van der Waals surface area contributed by atoms with Crippen molar-refractivity contribution >= 4 is 21.6 Å². The van der Waals surface area contributed by atoms with Gasteiger partial charge in [0, 0.05) is 22.3 Å². The second-order valence-electron chi connectivity index (χ2n) is 10.3. The van der Waals surface area contributed by atoms with E-state index in [9.17, 15) is 10.5 Å². The van der Waals surface area contributed by atoms with Gasteiger partial charge in [0.2, 0.25) is 0 Å². The van der Waals surface area contributed by atoms with Crippen molar-refractivity contribution in [2.75, 3.05) is 0 Å². The summed E-state index contributed by atoms with van der Waals surface area (Å²) in [4.78, 5) is 9.94. The van der Waals surface area contributed by atoms with Gasteiger partial charge in [0.05, 0.1) is 22.5 Å². The number of aromatic nitrogens is 2. The Balaban J connectivity index is 1.49. The molecule has 0 aliphatic rings. The molecule has 0 fully saturated rings. The van der Waals surface area contributed by atoms with Gasteiger partial charge in [-0.1, -0.05) is 120 Å². The maximum absolute atomic E-state index is 10.4. The Labute approximate surface area is 265 Å². The van der Waals surface area contributed by atoms with Crippen molar-refractivity contribution in [3.63, 3.8) is 0 Å². The Morgan fingerprint density at radius 3 is 1.18 bits per heavy atom. The Bertz CT molecular complexity index is 1880. The smallest absolute Gasteiger partial charge is 0.126 e. The van der Waals surface area contributed by atoms with E-state index in [1.165, 1.54) is 21.6 Å². The maximum Gasteiger partial charge on any atom is 0.126 e. The van der Waals surface area contributed by atoms with E-state index in [4.69, 9.17) is 9.97 Å². The van der Waals surface area contributed by atoms with Crippen molar-refractivity contribution < 1.29 is 0 Å². The summed E-state index contributed by atoms with van der Waals surface area (Å²) in [6.45, 7) is 4.09. The van der Waals surface area contributed by atoms with Crippen molar-refractivity contribution in [1.29, 1.82) is 10.5 Å². The lowest BCUT2D eigenvalue weighted by molar-refractivity contribution is 1.12. The van der Waals surface area contributed by atoms with Gasteiger partial charge in [-0.05, 0) is 58.7 Å². The molecule has 4 aromatic carbocycles. The Morgan fingerprint density at radius 2 is 0.841 bits per heavy atom. The van der Waals surface area contributed by atoms with E-state index < -0.39 is 0 Å². The van der Waals surface area contributed by atoms with Gasteiger partial charge in [-0.2, -0.15) is 10.5 Å². The number of pyridine rings is 2. The van der Waals surface area contributed by atoms with Gasteiger partial charge in [0.25, 0.3) is 0 Å². The summed E-state index contributed by atoms with van der Waals surface area (Å²) in [6.07, 6.45) is 0. The monoisotopic (exact) mass is 602 g/mol. The summed E-state index contributed by atoms with van der Waals surface area (Å²) in [5, 5.41) is 21.9. The van der Waals surface area contributed by atoms with Crippen LogP contribution in [0.25, 0.3) is 44.8 Å². The fourth-order valence-electron chi connectivity index (χ4n) is 4.89. The number of nitriles is 2. The van der Waals surface area contributed by atoms with Crippen LogP contribution in [0, 0.1) is 36.5 Å². The van der Waals surface area contributed by atoms with Gasteiger partial charge in [-0.3, -0.25) is 0 Å². The predicted octanol–water partition coefficient (Wildman–Crippen LogP) is 10.3. The molecule has 0 unspecified atom stereocenters. The Kier molecular flexibility index (Phi) is 8.57. The minimum atomic E-state index is 0.488. The van der Waals surface area contributed by atoms with E-state index in [1.54, 1.807) is 0 Å². The molecule has 6 aromatic rings. The first kappa shape index (κ1) is 29.0. The van der Waals surface area contributed by atoms with E-state index in [2.05, 4.69) is 12.1 Å². The summed E-state index contributed by atoms with van der Waals surface area (Å²) in [5.41, 5.74) is 10.3.